The number of nitrogens with one attached hydrogen (secondary N) is 1. The second kappa shape index (κ2) is 8.35. The van der Waals surface area contributed by atoms with Gasteiger partial charge in [-0.25, -0.2) is 9.59 Å². The molecule has 1 aromatic rings. The second-order valence-electron chi connectivity index (χ2n) is 5.37. The van der Waals surface area contributed by atoms with E-state index in [1.807, 2.05) is 0 Å². The molecule has 0 radical (unpaired) electrons. The lowest BCUT2D eigenvalue weighted by molar-refractivity contribution is -0.139. The number of hydrogen-bond donors (Lipinski definition) is 5. The van der Waals surface area contributed by atoms with Gasteiger partial charge in [-0.05, 0) is 30.2 Å². The minimum Gasteiger partial charge on any atom is -0.508 e. The zero-order chi connectivity index (χ0) is 17.6. The van der Waals surface area contributed by atoms with Gasteiger partial charge in [0.2, 0.25) is 0 Å². The van der Waals surface area contributed by atoms with Crippen molar-refractivity contribution in [2.45, 2.75) is 25.5 Å². The number of hydrogen-bond acceptors (Lipinski definition) is 5. The number of nitrogens with zero attached hydrogens (tertiary/aromatic N) is 1. The van der Waals surface area contributed by atoms with Gasteiger partial charge in [-0.15, -0.1) is 0 Å². The third-order valence-corrected chi connectivity index (χ3v) is 3.39. The summed E-state index contributed by atoms with van der Waals surface area (Å²) in [5.41, 5.74) is 1.41. The first-order valence-electron chi connectivity index (χ1n) is 7.06. The molecule has 0 bridgehead atoms. The molecule has 1 unspecified atom stereocenters. The van der Waals surface area contributed by atoms with Crippen LogP contribution in [0.4, 0.5) is 4.79 Å². The molecule has 0 aliphatic rings. The topological polar surface area (TPSA) is 130 Å². The molecule has 0 aliphatic carbocycles. The first kappa shape index (κ1) is 18.7. The number of aryl methyl sites for hydroxylation is 1. The predicted octanol–water partition coefficient (Wildman–Crippen LogP) is -0.309. The zero-order valence-corrected chi connectivity index (χ0v) is 13.1. The summed E-state index contributed by atoms with van der Waals surface area (Å²) >= 11 is 0. The molecular formula is C15H22N2O6. The normalized spacial score (nSPS) is 13.2. The van der Waals surface area contributed by atoms with Crippen LogP contribution in [-0.4, -0.2) is 69.7 Å². The number of carboxylic acids is 1. The average molecular weight is 326 g/mol. The minimum absolute atomic E-state index is 0.0591. The van der Waals surface area contributed by atoms with Gasteiger partial charge in [-0.2, -0.15) is 0 Å². The Hall–Kier alpha value is -2.32. The monoisotopic (exact) mass is 326 g/mol. The standard InChI is InChI=1S/C15H22N2O6/c1-9-5-11(19)4-3-10(9)6-13(14(21)22)16-15(23)17(2)7-12(20)8-18/h3-5,12-13,18-20H,6-8H2,1-2H3,(H,16,23)(H,21,22)/t12?,13-/m0/s1. The van der Waals surface area contributed by atoms with E-state index >= 15 is 0 Å². The Balaban J connectivity index is 2.75. The maximum atomic E-state index is 12.0. The molecule has 1 aromatic carbocycles. The van der Waals surface area contributed by atoms with E-state index in [2.05, 4.69) is 5.32 Å². The molecule has 0 saturated carbocycles. The highest BCUT2D eigenvalue weighted by Gasteiger charge is 2.23. The molecular weight excluding hydrogens is 304 g/mol. The smallest absolute Gasteiger partial charge is 0.326 e. The summed E-state index contributed by atoms with van der Waals surface area (Å²) in [5.74, 6) is -1.11. The summed E-state index contributed by atoms with van der Waals surface area (Å²) in [6.45, 7) is 1.12. The van der Waals surface area contributed by atoms with Crippen molar-refractivity contribution in [3.05, 3.63) is 29.3 Å². The lowest BCUT2D eigenvalue weighted by Gasteiger charge is -2.23. The van der Waals surface area contributed by atoms with Crippen LogP contribution in [0.3, 0.4) is 0 Å². The Morgan fingerprint density at radius 3 is 2.52 bits per heavy atom. The average Bonchev–Trinajstić information content (AvgIpc) is 2.48. The largest absolute Gasteiger partial charge is 0.508 e. The SMILES string of the molecule is Cc1cc(O)ccc1C[C@H](NC(=O)N(C)CC(O)CO)C(=O)O. The van der Waals surface area contributed by atoms with Crippen LogP contribution in [0.15, 0.2) is 18.2 Å². The molecule has 8 nitrogen and oxygen atoms in total. The van der Waals surface area contributed by atoms with Crippen LogP contribution in [0.5, 0.6) is 5.75 Å². The number of rotatable bonds is 7. The molecule has 2 amide bonds. The number of carbonyl (C=O) groups excluding carboxylic acids is 1. The van der Waals surface area contributed by atoms with Crippen molar-refractivity contribution in [1.29, 1.82) is 0 Å². The molecule has 8 heteroatoms. The molecule has 0 fully saturated rings. The van der Waals surface area contributed by atoms with Crippen molar-refractivity contribution in [1.82, 2.24) is 10.2 Å². The van der Waals surface area contributed by atoms with Crippen molar-refractivity contribution in [3.8, 4) is 5.75 Å². The molecule has 2 atom stereocenters. The summed E-state index contributed by atoms with van der Waals surface area (Å²) < 4.78 is 0. The van der Waals surface area contributed by atoms with E-state index in [0.717, 1.165) is 10.5 Å². The molecule has 0 aromatic heterocycles. The van der Waals surface area contributed by atoms with Gasteiger partial charge in [0.15, 0.2) is 0 Å². The van der Waals surface area contributed by atoms with E-state index in [1.165, 1.54) is 19.2 Å². The van der Waals surface area contributed by atoms with Crippen molar-refractivity contribution in [2.75, 3.05) is 20.2 Å². The summed E-state index contributed by atoms with van der Waals surface area (Å²) in [6, 6.07) is 2.75. The molecule has 5 N–H and O–H groups in total. The highest BCUT2D eigenvalue weighted by atomic mass is 16.4. The van der Waals surface area contributed by atoms with Gasteiger partial charge in [-0.1, -0.05) is 6.07 Å². The van der Waals surface area contributed by atoms with Gasteiger partial charge in [0.25, 0.3) is 0 Å². The Bertz CT molecular complexity index is 563. The quantitative estimate of drug-likeness (QED) is 0.467. The second-order valence-corrected chi connectivity index (χ2v) is 5.37. The van der Waals surface area contributed by atoms with Crippen LogP contribution in [0, 0.1) is 6.92 Å². The maximum absolute atomic E-state index is 12.0. The number of likely N-dealkylation sites (N-methyl/N-ethyl adjacent to an activating group) is 1. The van der Waals surface area contributed by atoms with Gasteiger partial charge in [0.05, 0.1) is 19.3 Å². The van der Waals surface area contributed by atoms with Crippen LogP contribution in [0.1, 0.15) is 11.1 Å². The first-order chi connectivity index (χ1) is 10.7. The Labute approximate surface area is 134 Å². The van der Waals surface area contributed by atoms with Gasteiger partial charge >= 0.3 is 12.0 Å². The highest BCUT2D eigenvalue weighted by Crippen LogP contribution is 2.17. The van der Waals surface area contributed by atoms with Gasteiger partial charge in [-0.3, -0.25) is 0 Å². The van der Waals surface area contributed by atoms with Gasteiger partial charge < -0.3 is 30.6 Å². The lowest BCUT2D eigenvalue weighted by Crippen LogP contribution is -2.49. The van der Waals surface area contributed by atoms with E-state index in [-0.39, 0.29) is 18.7 Å². The van der Waals surface area contributed by atoms with Crippen LogP contribution < -0.4 is 5.32 Å². The van der Waals surface area contributed by atoms with Crippen molar-refractivity contribution >= 4 is 12.0 Å². The number of aliphatic hydroxyl groups excluding tert-OH is 2. The first-order valence-corrected chi connectivity index (χ1v) is 7.06. The number of phenols is 1. The van der Waals surface area contributed by atoms with Gasteiger partial charge in [0, 0.05) is 13.5 Å². The number of benzene rings is 1. The van der Waals surface area contributed by atoms with Gasteiger partial charge in [0.1, 0.15) is 11.8 Å². The van der Waals surface area contributed by atoms with Crippen LogP contribution in [0.2, 0.25) is 0 Å². The van der Waals surface area contributed by atoms with E-state index in [0.29, 0.717) is 5.56 Å². The fraction of sp³-hybridized carbons (Fsp3) is 0.467. The van der Waals surface area contributed by atoms with Crippen LogP contribution in [-0.2, 0) is 11.2 Å². The molecule has 0 aliphatic heterocycles. The number of carboxylic acid groups (broad SMARTS) is 1. The van der Waals surface area contributed by atoms with Crippen molar-refractivity contribution in [2.24, 2.45) is 0 Å². The fourth-order valence-electron chi connectivity index (χ4n) is 2.05. The summed E-state index contributed by atoms with van der Waals surface area (Å²) in [6.07, 6.45) is -1.03. The number of aliphatic hydroxyl groups is 2. The Morgan fingerprint density at radius 2 is 2.00 bits per heavy atom. The molecule has 0 saturated heterocycles. The molecule has 128 valence electrons. The maximum Gasteiger partial charge on any atom is 0.326 e. The van der Waals surface area contributed by atoms with Crippen molar-refractivity contribution in [3.63, 3.8) is 0 Å². The van der Waals surface area contributed by atoms with Crippen LogP contribution >= 0.6 is 0 Å². The summed E-state index contributed by atoms with van der Waals surface area (Å²) in [4.78, 5) is 24.4. The zero-order valence-electron chi connectivity index (χ0n) is 13.1. The molecule has 0 heterocycles. The number of urea groups is 1. The van der Waals surface area contributed by atoms with Crippen molar-refractivity contribution < 1.29 is 30.0 Å². The van der Waals surface area contributed by atoms with E-state index in [4.69, 9.17) is 5.11 Å². The fourth-order valence-corrected chi connectivity index (χ4v) is 2.05. The van der Waals surface area contributed by atoms with E-state index in [9.17, 15) is 24.9 Å². The summed E-state index contributed by atoms with van der Waals surface area (Å²) in [5, 5.41) is 39.1. The van der Waals surface area contributed by atoms with E-state index < -0.39 is 30.8 Å². The number of carbonyl (C=O) groups is 2. The lowest BCUT2D eigenvalue weighted by atomic mass is 10.0. The molecule has 1 rings (SSSR count). The van der Waals surface area contributed by atoms with E-state index in [1.54, 1.807) is 13.0 Å². The molecule has 0 spiro atoms. The van der Waals surface area contributed by atoms with Crippen LogP contribution in [0.25, 0.3) is 0 Å². The number of phenolic OH excluding ortho intramolecular Hbond substituents is 1. The predicted molar refractivity (Wildman–Crippen MR) is 82.2 cm³/mol. The highest BCUT2D eigenvalue weighted by molar-refractivity contribution is 5.82. The number of aromatic hydroxyl groups is 1. The third kappa shape index (κ3) is 5.76. The number of aliphatic carboxylic acids is 1. The molecule has 23 heavy (non-hydrogen) atoms. The minimum atomic E-state index is -1.19. The number of amides is 2. The Morgan fingerprint density at radius 1 is 1.35 bits per heavy atom. The third-order valence-electron chi connectivity index (χ3n) is 3.39. The summed E-state index contributed by atoms with van der Waals surface area (Å²) in [7, 11) is 1.39. The Kier molecular flexibility index (Phi) is 6.80.